The number of halogens is 2. The molecule has 7 nitrogen and oxygen atoms in total. The van der Waals surface area contributed by atoms with Gasteiger partial charge in [0.25, 0.3) is 0 Å². The Morgan fingerprint density at radius 3 is 2.16 bits per heavy atom. The Hall–Kier alpha value is -2.09. The van der Waals surface area contributed by atoms with Crippen molar-refractivity contribution < 1.29 is 24.6 Å². The third kappa shape index (κ3) is 8.11. The monoisotopic (exact) mass is 484 g/mol. The highest BCUT2D eigenvalue weighted by Crippen LogP contribution is 2.29. The maximum absolute atomic E-state index is 12.8. The maximum Gasteiger partial charge on any atom is 0.328 e. The van der Waals surface area contributed by atoms with Crippen molar-refractivity contribution in [2.45, 2.75) is 57.0 Å². The number of rotatable bonds is 6. The number of benzene rings is 1. The molecule has 1 heterocycles. The van der Waals surface area contributed by atoms with E-state index in [9.17, 15) is 14.4 Å². The van der Waals surface area contributed by atoms with E-state index < -0.39 is 11.9 Å². The van der Waals surface area contributed by atoms with Gasteiger partial charge < -0.3 is 15.1 Å². The van der Waals surface area contributed by atoms with Gasteiger partial charge in [0.1, 0.15) is 0 Å². The van der Waals surface area contributed by atoms with Crippen molar-refractivity contribution >= 4 is 41.0 Å². The van der Waals surface area contributed by atoms with Gasteiger partial charge in [-0.3, -0.25) is 9.69 Å². The second-order valence-electron chi connectivity index (χ2n) is 8.10. The van der Waals surface area contributed by atoms with Crippen molar-refractivity contribution in [1.29, 1.82) is 0 Å². The molecule has 0 bridgehead atoms. The second kappa shape index (κ2) is 12.8. The molecule has 1 aromatic rings. The van der Waals surface area contributed by atoms with Gasteiger partial charge in [0.2, 0.25) is 5.91 Å². The Morgan fingerprint density at radius 1 is 1.00 bits per heavy atom. The van der Waals surface area contributed by atoms with Gasteiger partial charge in [0, 0.05) is 31.3 Å². The lowest BCUT2D eigenvalue weighted by Gasteiger charge is -2.42. The van der Waals surface area contributed by atoms with Gasteiger partial charge in [-0.2, -0.15) is 0 Å². The molecule has 0 radical (unpaired) electrons. The minimum atomic E-state index is -1.26. The fourth-order valence-corrected chi connectivity index (χ4v) is 4.64. The van der Waals surface area contributed by atoms with E-state index in [4.69, 9.17) is 33.4 Å². The lowest BCUT2D eigenvalue weighted by Crippen LogP contribution is -2.53. The lowest BCUT2D eigenvalue weighted by atomic mass is 9.88. The third-order valence-corrected chi connectivity index (χ3v) is 6.64. The second-order valence-corrected chi connectivity index (χ2v) is 8.92. The molecule has 1 saturated carbocycles. The number of amides is 1. The SMILES string of the molecule is CN(C(=O)Cc1ccc(Cl)c(Cl)c1)[C@@H]1CCCC[C@H]1N1CCCC1.O=C(O)/C=C\C(=O)O. The van der Waals surface area contributed by atoms with E-state index in [1.807, 2.05) is 18.0 Å². The number of likely N-dealkylation sites (N-methyl/N-ethyl adjacent to an activating group) is 1. The van der Waals surface area contributed by atoms with Crippen LogP contribution in [0.4, 0.5) is 0 Å². The number of carbonyl (C=O) groups excluding carboxylic acids is 1. The Labute approximate surface area is 198 Å². The van der Waals surface area contributed by atoms with Crippen molar-refractivity contribution in [3.05, 3.63) is 46.0 Å². The van der Waals surface area contributed by atoms with E-state index in [2.05, 4.69) is 4.90 Å². The topological polar surface area (TPSA) is 98.2 Å². The molecule has 2 aliphatic rings. The minimum absolute atomic E-state index is 0.171. The molecule has 1 aliphatic heterocycles. The van der Waals surface area contributed by atoms with Gasteiger partial charge in [-0.05, 0) is 56.5 Å². The van der Waals surface area contributed by atoms with E-state index in [0.29, 0.717) is 40.7 Å². The first-order valence-corrected chi connectivity index (χ1v) is 11.5. The number of hydrogen-bond donors (Lipinski definition) is 2. The van der Waals surface area contributed by atoms with E-state index in [0.717, 1.165) is 12.0 Å². The quantitative estimate of drug-likeness (QED) is 0.589. The summed E-state index contributed by atoms with van der Waals surface area (Å²) in [6.45, 7) is 2.38. The van der Waals surface area contributed by atoms with Crippen LogP contribution in [0.25, 0.3) is 0 Å². The van der Waals surface area contributed by atoms with E-state index >= 15 is 0 Å². The largest absolute Gasteiger partial charge is 0.478 e. The van der Waals surface area contributed by atoms with Crippen LogP contribution in [0.2, 0.25) is 10.0 Å². The molecular formula is C23H30Cl2N2O5. The third-order valence-electron chi connectivity index (χ3n) is 5.90. The molecule has 0 spiro atoms. The van der Waals surface area contributed by atoms with Crippen LogP contribution in [0.5, 0.6) is 0 Å². The summed E-state index contributed by atoms with van der Waals surface area (Å²) in [5, 5.41) is 16.7. The van der Waals surface area contributed by atoms with Crippen molar-refractivity contribution in [2.75, 3.05) is 20.1 Å². The number of nitrogens with zero attached hydrogens (tertiary/aromatic N) is 2. The Morgan fingerprint density at radius 2 is 1.59 bits per heavy atom. The number of carboxylic acids is 2. The summed E-state index contributed by atoms with van der Waals surface area (Å²) in [4.78, 5) is 36.5. The summed E-state index contributed by atoms with van der Waals surface area (Å²) in [6, 6.07) is 6.32. The minimum Gasteiger partial charge on any atom is -0.478 e. The first-order valence-electron chi connectivity index (χ1n) is 10.8. The Balaban J connectivity index is 0.000000390. The van der Waals surface area contributed by atoms with Gasteiger partial charge in [0.05, 0.1) is 16.5 Å². The predicted molar refractivity (Wildman–Crippen MR) is 124 cm³/mol. The molecule has 3 rings (SSSR count). The first-order chi connectivity index (χ1) is 15.2. The average molecular weight is 485 g/mol. The highest BCUT2D eigenvalue weighted by molar-refractivity contribution is 6.42. The van der Waals surface area contributed by atoms with Crippen molar-refractivity contribution in [3.63, 3.8) is 0 Å². The number of likely N-dealkylation sites (tertiary alicyclic amines) is 1. The van der Waals surface area contributed by atoms with Gasteiger partial charge in [-0.15, -0.1) is 0 Å². The lowest BCUT2D eigenvalue weighted by molar-refractivity contribution is -0.134. The van der Waals surface area contributed by atoms with Gasteiger partial charge in [0.15, 0.2) is 0 Å². The highest BCUT2D eigenvalue weighted by atomic mass is 35.5. The fourth-order valence-electron chi connectivity index (χ4n) is 4.32. The zero-order valence-corrected chi connectivity index (χ0v) is 19.7. The summed E-state index contributed by atoms with van der Waals surface area (Å²) in [5.74, 6) is -2.34. The molecule has 2 N–H and O–H groups in total. The fraction of sp³-hybridized carbons (Fsp3) is 0.522. The van der Waals surface area contributed by atoms with Crippen LogP contribution < -0.4 is 0 Å². The van der Waals surface area contributed by atoms with Crippen molar-refractivity contribution in [2.24, 2.45) is 0 Å². The Kier molecular flexibility index (Phi) is 10.5. The number of aliphatic carboxylic acids is 2. The van der Waals surface area contributed by atoms with Crippen LogP contribution in [0, 0.1) is 0 Å². The van der Waals surface area contributed by atoms with Crippen LogP contribution in [0.3, 0.4) is 0 Å². The molecule has 2 atom stereocenters. The Bertz CT molecular complexity index is 824. The molecule has 0 aromatic heterocycles. The van der Waals surface area contributed by atoms with Crippen LogP contribution in [0.1, 0.15) is 44.1 Å². The van der Waals surface area contributed by atoms with Crippen LogP contribution in [-0.2, 0) is 20.8 Å². The van der Waals surface area contributed by atoms with Crippen LogP contribution >= 0.6 is 23.2 Å². The average Bonchev–Trinajstić information content (AvgIpc) is 3.29. The molecule has 9 heteroatoms. The standard InChI is InChI=1S/C19H26Cl2N2O.C4H4O4/c1-22(19(24)13-14-8-9-15(20)16(21)12-14)17-6-2-3-7-18(17)23-10-4-5-11-23;5-3(6)1-2-4(7)8/h8-9,12,17-18H,2-7,10-11,13H2,1H3;1-2H,(H,5,6)(H,7,8)/b;2-1-/t17-,18-;/m1./s1. The number of hydrogen-bond acceptors (Lipinski definition) is 4. The first kappa shape index (κ1) is 26.2. The van der Waals surface area contributed by atoms with Crippen LogP contribution in [0.15, 0.2) is 30.4 Å². The van der Waals surface area contributed by atoms with E-state index in [-0.39, 0.29) is 5.91 Å². The van der Waals surface area contributed by atoms with Gasteiger partial charge >= 0.3 is 11.9 Å². The number of carboxylic acid groups (broad SMARTS) is 2. The molecule has 1 aromatic carbocycles. The smallest absolute Gasteiger partial charge is 0.328 e. The normalized spacial score (nSPS) is 21.1. The molecule has 176 valence electrons. The summed E-state index contributed by atoms with van der Waals surface area (Å²) in [7, 11) is 1.97. The van der Waals surface area contributed by atoms with Crippen LogP contribution in [-0.4, -0.2) is 70.1 Å². The molecule has 2 fully saturated rings. The van der Waals surface area contributed by atoms with Crippen molar-refractivity contribution in [1.82, 2.24) is 9.80 Å². The maximum atomic E-state index is 12.8. The zero-order chi connectivity index (χ0) is 23.7. The molecule has 1 saturated heterocycles. The summed E-state index contributed by atoms with van der Waals surface area (Å²) < 4.78 is 0. The van der Waals surface area contributed by atoms with E-state index in [1.165, 1.54) is 45.2 Å². The van der Waals surface area contributed by atoms with Gasteiger partial charge in [-0.1, -0.05) is 42.1 Å². The highest BCUT2D eigenvalue weighted by Gasteiger charge is 2.35. The van der Waals surface area contributed by atoms with Crippen molar-refractivity contribution in [3.8, 4) is 0 Å². The molecular weight excluding hydrogens is 455 g/mol. The van der Waals surface area contributed by atoms with E-state index in [1.54, 1.807) is 12.1 Å². The molecule has 32 heavy (non-hydrogen) atoms. The molecule has 0 unspecified atom stereocenters. The predicted octanol–water partition coefficient (Wildman–Crippen LogP) is 4.11. The summed E-state index contributed by atoms with van der Waals surface area (Å²) in [6.07, 6.45) is 8.93. The molecule has 1 amide bonds. The zero-order valence-electron chi connectivity index (χ0n) is 18.2. The summed E-state index contributed by atoms with van der Waals surface area (Å²) in [5.41, 5.74) is 0.926. The molecule has 1 aliphatic carbocycles. The summed E-state index contributed by atoms with van der Waals surface area (Å²) >= 11 is 12.0. The van der Waals surface area contributed by atoms with Gasteiger partial charge in [-0.25, -0.2) is 9.59 Å². The number of carbonyl (C=O) groups is 3.